The molecule has 4 aromatic rings. The highest BCUT2D eigenvalue weighted by Gasteiger charge is 2.66. The van der Waals surface area contributed by atoms with Gasteiger partial charge < -0.3 is 24.3 Å². The van der Waals surface area contributed by atoms with Crippen molar-refractivity contribution in [3.8, 4) is 5.75 Å². The fraction of sp³-hybridized carbons (Fsp3) is 0.371. The number of amides is 2. The van der Waals surface area contributed by atoms with Crippen LogP contribution in [0.15, 0.2) is 79.0 Å². The summed E-state index contributed by atoms with van der Waals surface area (Å²) in [5.41, 5.74) is 3.00. The van der Waals surface area contributed by atoms with Gasteiger partial charge in [-0.2, -0.15) is 0 Å². The normalized spacial score (nSPS) is 22.1. The number of fused-ring (bicyclic) bond motifs is 2. The van der Waals surface area contributed by atoms with Gasteiger partial charge in [0.1, 0.15) is 5.75 Å². The first-order valence-electron chi connectivity index (χ1n) is 15.9. The molecule has 1 fully saturated rings. The van der Waals surface area contributed by atoms with Crippen LogP contribution in [-0.2, 0) is 39.4 Å². The molecule has 3 aromatic carbocycles. The number of carbonyl (C=O) groups is 2. The Morgan fingerprint density at radius 3 is 2.47 bits per heavy atom. The molecule has 2 N–H and O–H groups in total. The van der Waals surface area contributed by atoms with Gasteiger partial charge in [-0.05, 0) is 67.5 Å². The van der Waals surface area contributed by atoms with Gasteiger partial charge in [-0.3, -0.25) is 19.2 Å². The number of ether oxygens (including phenoxy) is 2. The smallest absolute Gasteiger partial charge is 0.264 e. The zero-order chi connectivity index (χ0) is 33.3. The highest BCUT2D eigenvalue weighted by Crippen LogP contribution is 2.60. The molecule has 1 saturated heterocycles. The van der Waals surface area contributed by atoms with Gasteiger partial charge in [-0.1, -0.05) is 42.5 Å². The van der Waals surface area contributed by atoms with E-state index in [9.17, 15) is 19.5 Å². The van der Waals surface area contributed by atoms with Crippen molar-refractivity contribution in [2.45, 2.75) is 63.2 Å². The van der Waals surface area contributed by atoms with Crippen LogP contribution in [0.25, 0.3) is 0 Å². The van der Waals surface area contributed by atoms with Crippen molar-refractivity contribution in [3.05, 3.63) is 95.8 Å². The fourth-order valence-electron chi connectivity index (χ4n) is 7.35. The number of para-hydroxylation sites is 1. The number of hydrogen-bond donors (Lipinski definition) is 2. The standard InChI is InChI=1S/C35H41N5O6Si/c1-24-33(47(3,4)44)32(16-18-38-22-26(17-19-41)36-37-38)46-35(24)30-20-29(45-2)14-15-31(30)39(34(35)43)21-25-10-12-28(13-11-25)40(23-42)27-8-6-5-7-9-27/h5-15,20,22-24,32-33,41,44H,16-19,21H2,1-4H3/t24-,32+,33-,35+/m1/s1. The summed E-state index contributed by atoms with van der Waals surface area (Å²) in [4.78, 5) is 41.7. The third kappa shape index (κ3) is 5.97. The van der Waals surface area contributed by atoms with Crippen LogP contribution < -0.4 is 14.5 Å². The third-order valence-corrected chi connectivity index (χ3v) is 12.0. The Hall–Kier alpha value is -4.36. The predicted octanol–water partition coefficient (Wildman–Crippen LogP) is 4.55. The Morgan fingerprint density at radius 2 is 1.81 bits per heavy atom. The van der Waals surface area contributed by atoms with E-state index in [1.54, 1.807) is 21.6 Å². The van der Waals surface area contributed by atoms with Crippen molar-refractivity contribution in [2.75, 3.05) is 23.5 Å². The largest absolute Gasteiger partial charge is 0.497 e. The summed E-state index contributed by atoms with van der Waals surface area (Å²) >= 11 is 0. The zero-order valence-corrected chi connectivity index (χ0v) is 28.1. The van der Waals surface area contributed by atoms with E-state index < -0.39 is 20.0 Å². The molecule has 0 saturated carbocycles. The van der Waals surface area contributed by atoms with E-state index in [0.29, 0.717) is 43.1 Å². The summed E-state index contributed by atoms with van der Waals surface area (Å²) in [6, 6.07) is 22.6. The Morgan fingerprint density at radius 1 is 1.09 bits per heavy atom. The van der Waals surface area contributed by atoms with Crippen LogP contribution in [0.2, 0.25) is 18.6 Å². The number of methoxy groups -OCH3 is 1. The van der Waals surface area contributed by atoms with Gasteiger partial charge in [0.2, 0.25) is 6.41 Å². The van der Waals surface area contributed by atoms with Crippen molar-refractivity contribution >= 4 is 37.7 Å². The molecule has 47 heavy (non-hydrogen) atoms. The molecule has 0 bridgehead atoms. The number of aromatic nitrogens is 3. The van der Waals surface area contributed by atoms with Crippen LogP contribution >= 0.6 is 0 Å². The molecule has 246 valence electrons. The summed E-state index contributed by atoms with van der Waals surface area (Å²) in [7, 11) is -1.25. The van der Waals surface area contributed by atoms with Gasteiger partial charge in [0.05, 0.1) is 31.1 Å². The topological polar surface area (TPSA) is 130 Å². The maximum Gasteiger partial charge on any atom is 0.264 e. The van der Waals surface area contributed by atoms with E-state index in [1.165, 1.54) is 0 Å². The second-order valence-electron chi connectivity index (χ2n) is 12.8. The minimum Gasteiger partial charge on any atom is -0.497 e. The number of carbonyl (C=O) groups excluding carboxylic acids is 2. The minimum absolute atomic E-state index is 0.00660. The lowest BCUT2D eigenvalue weighted by molar-refractivity contribution is -0.146. The van der Waals surface area contributed by atoms with E-state index >= 15 is 0 Å². The predicted molar refractivity (Wildman–Crippen MR) is 180 cm³/mol. The van der Waals surface area contributed by atoms with E-state index in [4.69, 9.17) is 9.47 Å². The summed E-state index contributed by atoms with van der Waals surface area (Å²) < 4.78 is 14.3. The second-order valence-corrected chi connectivity index (χ2v) is 16.8. The molecule has 0 radical (unpaired) electrons. The molecule has 0 aliphatic carbocycles. The summed E-state index contributed by atoms with van der Waals surface area (Å²) in [6.45, 7) is 6.60. The molecule has 4 atom stereocenters. The lowest BCUT2D eigenvalue weighted by Gasteiger charge is -2.32. The first-order chi connectivity index (χ1) is 22.6. The van der Waals surface area contributed by atoms with Crippen LogP contribution in [0.1, 0.15) is 30.2 Å². The number of rotatable bonds is 12. The monoisotopic (exact) mass is 655 g/mol. The molecule has 11 nitrogen and oxygen atoms in total. The zero-order valence-electron chi connectivity index (χ0n) is 27.1. The van der Waals surface area contributed by atoms with Gasteiger partial charge in [0.15, 0.2) is 13.9 Å². The van der Waals surface area contributed by atoms with Gasteiger partial charge in [-0.15, -0.1) is 5.10 Å². The van der Waals surface area contributed by atoms with Gasteiger partial charge in [0, 0.05) is 54.2 Å². The van der Waals surface area contributed by atoms with E-state index in [2.05, 4.69) is 10.3 Å². The molecule has 2 amide bonds. The molecule has 3 heterocycles. The number of benzene rings is 3. The molecular formula is C35H41N5O6Si. The number of aryl methyl sites for hydroxylation is 1. The van der Waals surface area contributed by atoms with Crippen molar-refractivity contribution in [3.63, 3.8) is 0 Å². The van der Waals surface area contributed by atoms with Crippen molar-refractivity contribution < 1.29 is 29.0 Å². The second kappa shape index (κ2) is 13.0. The van der Waals surface area contributed by atoms with Gasteiger partial charge in [0.25, 0.3) is 5.91 Å². The SMILES string of the molecule is COc1ccc2c(c1)[C@]1(O[C@@H](CCn3cc(CCO)nn3)[C@H]([Si](C)(C)O)[C@H]1C)C(=O)N2Cc1ccc(N(C=O)c2ccccc2)cc1. The summed E-state index contributed by atoms with van der Waals surface area (Å²) in [6.07, 6.45) is 3.14. The van der Waals surface area contributed by atoms with E-state index in [1.807, 2.05) is 99.0 Å². The average Bonchev–Trinajstić information content (AvgIpc) is 3.71. The summed E-state index contributed by atoms with van der Waals surface area (Å²) in [5, 5.41) is 17.6. The summed E-state index contributed by atoms with van der Waals surface area (Å²) in [5.74, 6) is 0.123. The number of nitrogens with zero attached hydrogens (tertiary/aromatic N) is 5. The van der Waals surface area contributed by atoms with Crippen molar-refractivity contribution in [2.24, 2.45) is 5.92 Å². The molecular weight excluding hydrogens is 614 g/mol. The molecule has 0 unspecified atom stereocenters. The molecule has 1 spiro atoms. The number of anilines is 3. The molecule has 2 aliphatic heterocycles. The van der Waals surface area contributed by atoms with E-state index in [0.717, 1.165) is 28.9 Å². The minimum atomic E-state index is -2.85. The lowest BCUT2D eigenvalue weighted by atomic mass is 9.82. The van der Waals surface area contributed by atoms with Gasteiger partial charge in [-0.25, -0.2) is 0 Å². The van der Waals surface area contributed by atoms with Crippen LogP contribution in [-0.4, -0.2) is 65.4 Å². The van der Waals surface area contributed by atoms with Crippen LogP contribution in [0.3, 0.4) is 0 Å². The maximum absolute atomic E-state index is 14.8. The number of hydrogen-bond acceptors (Lipinski definition) is 8. The highest BCUT2D eigenvalue weighted by molar-refractivity contribution is 6.71. The van der Waals surface area contributed by atoms with Crippen molar-refractivity contribution in [1.29, 1.82) is 0 Å². The molecule has 1 aromatic heterocycles. The Bertz CT molecular complexity index is 1730. The Balaban J connectivity index is 1.31. The first-order valence-corrected chi connectivity index (χ1v) is 18.9. The highest BCUT2D eigenvalue weighted by atomic mass is 28.4. The third-order valence-electron chi connectivity index (χ3n) is 9.48. The Labute approximate surface area is 275 Å². The quantitative estimate of drug-likeness (QED) is 0.168. The van der Waals surface area contributed by atoms with Crippen LogP contribution in [0.4, 0.5) is 17.1 Å². The maximum atomic E-state index is 14.8. The number of aliphatic hydroxyl groups is 1. The van der Waals surface area contributed by atoms with Crippen molar-refractivity contribution in [1.82, 2.24) is 15.0 Å². The fourth-order valence-corrected chi connectivity index (χ4v) is 9.95. The molecule has 2 aliphatic rings. The van der Waals surface area contributed by atoms with Crippen LogP contribution in [0, 0.1) is 5.92 Å². The first kappa shape index (κ1) is 32.6. The van der Waals surface area contributed by atoms with E-state index in [-0.39, 0.29) is 24.0 Å². The Kier molecular flexibility index (Phi) is 9.03. The van der Waals surface area contributed by atoms with Gasteiger partial charge >= 0.3 is 0 Å². The molecule has 6 rings (SSSR count). The molecule has 12 heteroatoms. The average molecular weight is 656 g/mol. The van der Waals surface area contributed by atoms with Crippen LogP contribution in [0.5, 0.6) is 5.75 Å². The lowest BCUT2D eigenvalue weighted by Crippen LogP contribution is -2.46. The number of aliphatic hydroxyl groups excluding tert-OH is 1.